The summed E-state index contributed by atoms with van der Waals surface area (Å²) in [5.41, 5.74) is 28.2. The molecule has 0 bridgehead atoms. The molecule has 0 saturated carbocycles. The predicted molar refractivity (Wildman–Crippen MR) is 247 cm³/mol. The number of unbranched alkanes of at least 4 members (excludes halogenated alkanes) is 4. The van der Waals surface area contributed by atoms with Gasteiger partial charge in [-0.1, -0.05) is 12.8 Å². The largest absolute Gasteiger partial charge is 0.394 e. The minimum absolute atomic E-state index is 0.0254. The van der Waals surface area contributed by atoms with Gasteiger partial charge in [0.15, 0.2) is 0 Å². The Morgan fingerprint density at radius 1 is 0.606 bits per heavy atom. The van der Waals surface area contributed by atoms with Gasteiger partial charge in [0.2, 0.25) is 53.2 Å². The lowest BCUT2D eigenvalue weighted by Gasteiger charge is -2.30. The number of carbonyl (C=O) groups excluding carboxylic acids is 9. The summed E-state index contributed by atoms with van der Waals surface area (Å²) >= 11 is 0. The minimum Gasteiger partial charge on any atom is -0.394 e. The molecule has 0 aromatic carbocycles. The van der Waals surface area contributed by atoms with Crippen LogP contribution in [0.15, 0.2) is 0 Å². The second-order valence-corrected chi connectivity index (χ2v) is 16.7. The number of nitrogens with zero attached hydrogens (tertiary/aromatic N) is 1. The first kappa shape index (κ1) is 59.0. The Bertz CT molecular complexity index is 1510. The molecule has 1 aliphatic rings. The first-order chi connectivity index (χ1) is 31.7. The van der Waals surface area contributed by atoms with Crippen LogP contribution in [0.4, 0.5) is 0 Å². The highest BCUT2D eigenvalue weighted by molar-refractivity contribution is 5.96. The van der Waals surface area contributed by atoms with Crippen LogP contribution in [0.1, 0.15) is 128 Å². The predicted octanol–water partition coefficient (Wildman–Crippen LogP) is -3.40. The van der Waals surface area contributed by atoms with Gasteiger partial charge in [-0.25, -0.2) is 0 Å². The maximum Gasteiger partial charge on any atom is 0.245 e. The van der Waals surface area contributed by atoms with Crippen molar-refractivity contribution in [2.75, 3.05) is 59.0 Å². The average molecular weight is 940 g/mol. The fourth-order valence-electron chi connectivity index (χ4n) is 7.14. The van der Waals surface area contributed by atoms with E-state index in [0.29, 0.717) is 123 Å². The van der Waals surface area contributed by atoms with Gasteiger partial charge in [-0.05, 0) is 129 Å². The lowest BCUT2D eigenvalue weighted by atomic mass is 10.0. The lowest BCUT2D eigenvalue weighted by molar-refractivity contribution is -0.141. The second-order valence-electron chi connectivity index (χ2n) is 16.7. The summed E-state index contributed by atoms with van der Waals surface area (Å²) in [7, 11) is 0. The molecule has 0 spiro atoms. The molecule has 0 radical (unpaired) electrons. The first-order valence-corrected chi connectivity index (χ1v) is 23.7. The quantitative estimate of drug-likeness (QED) is 0.0445. The number of carbonyl (C=O) groups is 9. The van der Waals surface area contributed by atoms with Crippen molar-refractivity contribution in [2.45, 2.75) is 159 Å². The van der Waals surface area contributed by atoms with E-state index in [1.165, 1.54) is 4.90 Å². The summed E-state index contributed by atoms with van der Waals surface area (Å²) < 4.78 is 0. The van der Waals surface area contributed by atoms with Crippen LogP contribution in [0, 0.1) is 0 Å². The smallest absolute Gasteiger partial charge is 0.245 e. The molecule has 23 heteroatoms. The van der Waals surface area contributed by atoms with Gasteiger partial charge in [0.25, 0.3) is 0 Å². The fourth-order valence-corrected chi connectivity index (χ4v) is 7.14. The standard InChI is InChI=1S/C43H81N13O10/c44-21-9-5-15-30-40(63)53-32(17-7-11-23-46)42(65)54-33(18-8-12-24-47)43(66)56(28-38(61)52-31(16-6-10-22-45)41(64)55-34(29-57)39(48)62)26-14-2-1-13-25-49-37(60)27-50-35(58)19-3-4-20-36(59)51-30/h30-34,57H,1-29,44-47H2,(H2,48,62)(H,49,60)(H,50,58)(H,51,59)(H,52,61)(H,53,63)(H,54,65)(H,55,64)/t30-,31-,32-,33-,34-/m0/s1. The van der Waals surface area contributed by atoms with Crippen molar-refractivity contribution >= 4 is 53.2 Å². The minimum atomic E-state index is -1.40. The monoisotopic (exact) mass is 940 g/mol. The normalized spacial score (nSPS) is 20.4. The zero-order valence-electron chi connectivity index (χ0n) is 38.8. The van der Waals surface area contributed by atoms with Crippen molar-refractivity contribution < 1.29 is 48.3 Å². The molecule has 1 saturated heterocycles. The molecule has 66 heavy (non-hydrogen) atoms. The van der Waals surface area contributed by atoms with Gasteiger partial charge < -0.3 is 75.9 Å². The third-order valence-electron chi connectivity index (χ3n) is 11.0. The van der Waals surface area contributed by atoms with Gasteiger partial charge >= 0.3 is 0 Å². The van der Waals surface area contributed by atoms with E-state index in [2.05, 4.69) is 37.2 Å². The van der Waals surface area contributed by atoms with Gasteiger partial charge in [0.1, 0.15) is 30.2 Å². The molecular weight excluding hydrogens is 859 g/mol. The van der Waals surface area contributed by atoms with E-state index >= 15 is 0 Å². The van der Waals surface area contributed by atoms with Crippen LogP contribution >= 0.6 is 0 Å². The van der Waals surface area contributed by atoms with E-state index in [4.69, 9.17) is 28.7 Å². The molecule has 0 unspecified atom stereocenters. The fraction of sp³-hybridized carbons (Fsp3) is 0.791. The molecule has 9 amide bonds. The Morgan fingerprint density at radius 3 is 1.71 bits per heavy atom. The third kappa shape index (κ3) is 26.2. The van der Waals surface area contributed by atoms with Gasteiger partial charge in [-0.2, -0.15) is 0 Å². The second kappa shape index (κ2) is 36.2. The van der Waals surface area contributed by atoms with Gasteiger partial charge in [-0.15, -0.1) is 0 Å². The zero-order valence-corrected chi connectivity index (χ0v) is 38.8. The molecule has 23 nitrogen and oxygen atoms in total. The molecule has 1 rings (SSSR count). The molecule has 0 aliphatic carbocycles. The van der Waals surface area contributed by atoms with E-state index in [1.54, 1.807) is 0 Å². The summed E-state index contributed by atoms with van der Waals surface area (Å²) in [5.74, 6) is -5.47. The molecule has 1 heterocycles. The molecule has 5 atom stereocenters. The van der Waals surface area contributed by atoms with Crippen LogP contribution < -0.4 is 65.9 Å². The van der Waals surface area contributed by atoms with E-state index in [-0.39, 0.29) is 63.4 Å². The van der Waals surface area contributed by atoms with Crippen LogP contribution in [0.25, 0.3) is 0 Å². The Labute approximate surface area is 389 Å². The number of aliphatic hydroxyl groups excluding tert-OH is 1. The maximum atomic E-state index is 14.6. The Hall–Kier alpha value is -4.97. The molecule has 1 aliphatic heterocycles. The highest BCUT2D eigenvalue weighted by atomic mass is 16.3. The van der Waals surface area contributed by atoms with Gasteiger partial charge in [-0.3, -0.25) is 43.2 Å². The Kier molecular flexibility index (Phi) is 32.4. The van der Waals surface area contributed by atoms with Gasteiger partial charge in [0.05, 0.1) is 19.7 Å². The summed E-state index contributed by atoms with van der Waals surface area (Å²) in [4.78, 5) is 121. The van der Waals surface area contributed by atoms with E-state index in [9.17, 15) is 48.3 Å². The molecule has 378 valence electrons. The maximum absolute atomic E-state index is 14.6. The van der Waals surface area contributed by atoms with Crippen molar-refractivity contribution in [1.29, 1.82) is 0 Å². The number of hydrogen-bond donors (Lipinski definition) is 13. The Balaban J connectivity index is 3.59. The number of amides is 9. The molecule has 0 aromatic heterocycles. The van der Waals surface area contributed by atoms with Crippen molar-refractivity contribution in [3.05, 3.63) is 0 Å². The molecule has 0 aromatic rings. The summed E-state index contributed by atoms with van der Waals surface area (Å²) in [6.07, 6.45) is 7.68. The van der Waals surface area contributed by atoms with Crippen LogP contribution in [-0.4, -0.2) is 152 Å². The first-order valence-electron chi connectivity index (χ1n) is 23.7. The summed E-state index contributed by atoms with van der Waals surface area (Å²) in [6.45, 7) is 0.215. The molecule has 1 fully saturated rings. The zero-order chi connectivity index (χ0) is 49.1. The van der Waals surface area contributed by atoms with Crippen molar-refractivity contribution in [3.63, 3.8) is 0 Å². The molecule has 18 N–H and O–H groups in total. The van der Waals surface area contributed by atoms with Crippen LogP contribution in [0.5, 0.6) is 0 Å². The van der Waals surface area contributed by atoms with Crippen LogP contribution in [-0.2, 0) is 43.2 Å². The number of nitrogens with two attached hydrogens (primary N) is 5. The Morgan fingerprint density at radius 2 is 1.14 bits per heavy atom. The topological polar surface area (TPSA) is 391 Å². The number of hydrogen-bond acceptors (Lipinski definition) is 14. The SMILES string of the molecule is NCCCC[C@H](NC(=O)CN1CCCCCCNC(=O)CNC(=O)CCCCC(=O)N[C@@H](CCCCN)C(=O)N[C@@H](CCCCN)C(=O)N[C@@H](CCCCN)C1=O)C(=O)N[C@@H](CO)C(N)=O. The third-order valence-corrected chi connectivity index (χ3v) is 11.0. The van der Waals surface area contributed by atoms with E-state index in [1.807, 2.05) is 0 Å². The number of aliphatic hydroxyl groups is 1. The number of primary amides is 1. The molecular formula is C43H81N13O10. The van der Waals surface area contributed by atoms with Crippen LogP contribution in [0.3, 0.4) is 0 Å². The summed E-state index contributed by atoms with van der Waals surface area (Å²) in [5, 5.41) is 28.3. The highest BCUT2D eigenvalue weighted by Gasteiger charge is 2.33. The van der Waals surface area contributed by atoms with Gasteiger partial charge in [0, 0.05) is 25.9 Å². The van der Waals surface area contributed by atoms with E-state index < -0.39 is 84.7 Å². The number of rotatable bonds is 23. The number of nitrogens with one attached hydrogen (secondary N) is 7. The summed E-state index contributed by atoms with van der Waals surface area (Å²) in [6, 6.07) is -5.89. The highest BCUT2D eigenvalue weighted by Crippen LogP contribution is 2.12. The van der Waals surface area contributed by atoms with E-state index in [0.717, 1.165) is 0 Å². The van der Waals surface area contributed by atoms with Crippen molar-refractivity contribution in [1.82, 2.24) is 42.1 Å². The average Bonchev–Trinajstić information content (AvgIpc) is 3.28. The van der Waals surface area contributed by atoms with Crippen molar-refractivity contribution in [2.24, 2.45) is 28.7 Å². The lowest BCUT2D eigenvalue weighted by Crippen LogP contribution is -2.58. The van der Waals surface area contributed by atoms with Crippen LogP contribution in [0.2, 0.25) is 0 Å². The van der Waals surface area contributed by atoms with Crippen molar-refractivity contribution in [3.8, 4) is 0 Å².